The number of nitrogens with one attached hydrogen (secondary N) is 2. The number of hydrogen-bond donors (Lipinski definition) is 2. The van der Waals surface area contributed by atoms with Gasteiger partial charge in [-0.25, -0.2) is 4.39 Å². The predicted molar refractivity (Wildman–Crippen MR) is 79.9 cm³/mol. The van der Waals surface area contributed by atoms with Crippen LogP contribution in [0.5, 0.6) is 5.75 Å². The van der Waals surface area contributed by atoms with E-state index in [-0.39, 0.29) is 22.9 Å². The Morgan fingerprint density at radius 1 is 1.52 bits per heavy atom. The van der Waals surface area contributed by atoms with Gasteiger partial charge >= 0.3 is 0 Å². The second kappa shape index (κ2) is 6.89. The third kappa shape index (κ3) is 3.94. The minimum absolute atomic E-state index is 0.0868. The van der Waals surface area contributed by atoms with Crippen LogP contribution in [0.25, 0.3) is 0 Å². The maximum atomic E-state index is 13.3. The zero-order valence-electron chi connectivity index (χ0n) is 12.7. The van der Waals surface area contributed by atoms with Crippen molar-refractivity contribution >= 4 is 5.91 Å². The Kier molecular flexibility index (Phi) is 5.17. The average molecular weight is 294 g/mol. The molecule has 1 amide bonds. The SMILES string of the molecule is COc1cc(CCNC(=O)[C@]2(C)CCCNC2)ccc1F. The molecule has 1 fully saturated rings. The van der Waals surface area contributed by atoms with Crippen molar-refractivity contribution in [3.05, 3.63) is 29.6 Å². The van der Waals surface area contributed by atoms with Gasteiger partial charge in [0.2, 0.25) is 5.91 Å². The summed E-state index contributed by atoms with van der Waals surface area (Å²) in [5.41, 5.74) is 0.624. The van der Waals surface area contributed by atoms with Crippen LogP contribution in [0.15, 0.2) is 18.2 Å². The lowest BCUT2D eigenvalue weighted by Gasteiger charge is -2.32. The van der Waals surface area contributed by atoms with Crippen molar-refractivity contribution < 1.29 is 13.9 Å². The smallest absolute Gasteiger partial charge is 0.227 e. The number of amides is 1. The third-order valence-electron chi connectivity index (χ3n) is 4.06. The minimum Gasteiger partial charge on any atom is -0.494 e. The zero-order chi connectivity index (χ0) is 15.3. The Bertz CT molecular complexity index is 499. The maximum absolute atomic E-state index is 13.3. The van der Waals surface area contributed by atoms with Gasteiger partial charge in [0.1, 0.15) is 0 Å². The highest BCUT2D eigenvalue weighted by Gasteiger charge is 2.34. The van der Waals surface area contributed by atoms with Crippen LogP contribution in [0.3, 0.4) is 0 Å². The summed E-state index contributed by atoms with van der Waals surface area (Å²) in [5, 5.41) is 6.25. The standard InChI is InChI=1S/C16H23FN2O2/c1-16(7-3-8-18-11-16)15(20)19-9-6-12-4-5-13(17)14(10-12)21-2/h4-5,10,18H,3,6-9,11H2,1-2H3,(H,19,20)/t16-/m1/s1. The number of piperidine rings is 1. The molecule has 0 radical (unpaired) electrons. The fourth-order valence-corrected chi connectivity index (χ4v) is 2.64. The molecule has 1 saturated heterocycles. The van der Waals surface area contributed by atoms with Crippen molar-refractivity contribution in [2.24, 2.45) is 5.41 Å². The molecule has 1 aliphatic rings. The lowest BCUT2D eigenvalue weighted by atomic mass is 9.82. The molecule has 21 heavy (non-hydrogen) atoms. The molecule has 0 saturated carbocycles. The van der Waals surface area contributed by atoms with Gasteiger partial charge in [-0.2, -0.15) is 0 Å². The molecular weight excluding hydrogens is 271 g/mol. The summed E-state index contributed by atoms with van der Waals surface area (Å²) in [4.78, 5) is 12.3. The molecule has 0 unspecified atom stereocenters. The molecule has 4 nitrogen and oxygen atoms in total. The number of rotatable bonds is 5. The number of carbonyl (C=O) groups is 1. The van der Waals surface area contributed by atoms with Crippen LogP contribution in [0.4, 0.5) is 4.39 Å². The predicted octanol–water partition coefficient (Wildman–Crippen LogP) is 1.88. The number of hydrogen-bond acceptors (Lipinski definition) is 3. The van der Waals surface area contributed by atoms with Gasteiger partial charge in [0.25, 0.3) is 0 Å². The molecule has 2 rings (SSSR count). The van der Waals surface area contributed by atoms with Crippen molar-refractivity contribution in [1.82, 2.24) is 10.6 Å². The second-order valence-corrected chi connectivity index (χ2v) is 5.82. The zero-order valence-corrected chi connectivity index (χ0v) is 12.7. The monoisotopic (exact) mass is 294 g/mol. The van der Waals surface area contributed by atoms with Gasteiger partial charge in [-0.3, -0.25) is 4.79 Å². The molecule has 1 heterocycles. The Labute approximate surface area is 125 Å². The first-order valence-corrected chi connectivity index (χ1v) is 7.36. The number of ether oxygens (including phenoxy) is 1. The summed E-state index contributed by atoms with van der Waals surface area (Å²) in [5.74, 6) is -0.0443. The van der Waals surface area contributed by atoms with Crippen LogP contribution in [0, 0.1) is 11.2 Å². The van der Waals surface area contributed by atoms with Crippen LogP contribution in [0.2, 0.25) is 0 Å². The minimum atomic E-state index is -0.369. The summed E-state index contributed by atoms with van der Waals surface area (Å²) in [6.45, 7) is 4.25. The Morgan fingerprint density at radius 3 is 3.00 bits per heavy atom. The van der Waals surface area contributed by atoms with Crippen molar-refractivity contribution in [1.29, 1.82) is 0 Å². The van der Waals surface area contributed by atoms with E-state index in [1.165, 1.54) is 13.2 Å². The van der Waals surface area contributed by atoms with Crippen molar-refractivity contribution in [3.63, 3.8) is 0 Å². The van der Waals surface area contributed by atoms with E-state index in [0.29, 0.717) is 13.0 Å². The van der Waals surface area contributed by atoms with Gasteiger partial charge in [0.05, 0.1) is 12.5 Å². The van der Waals surface area contributed by atoms with E-state index in [2.05, 4.69) is 10.6 Å². The summed E-state index contributed by atoms with van der Waals surface area (Å²) >= 11 is 0. The van der Waals surface area contributed by atoms with Gasteiger partial charge in [0, 0.05) is 13.1 Å². The van der Waals surface area contributed by atoms with Crippen LogP contribution in [0.1, 0.15) is 25.3 Å². The molecule has 0 bridgehead atoms. The summed E-state index contributed by atoms with van der Waals surface area (Å²) in [7, 11) is 1.45. The first-order valence-electron chi connectivity index (χ1n) is 7.36. The number of halogens is 1. The number of carbonyl (C=O) groups excluding carboxylic acids is 1. The molecule has 1 aromatic rings. The van der Waals surface area contributed by atoms with E-state index in [4.69, 9.17) is 4.74 Å². The van der Waals surface area contributed by atoms with E-state index in [9.17, 15) is 9.18 Å². The average Bonchev–Trinajstić information content (AvgIpc) is 2.49. The van der Waals surface area contributed by atoms with Crippen molar-refractivity contribution in [2.75, 3.05) is 26.7 Å². The molecule has 0 aromatic heterocycles. The highest BCUT2D eigenvalue weighted by Crippen LogP contribution is 2.25. The maximum Gasteiger partial charge on any atom is 0.227 e. The fraction of sp³-hybridized carbons (Fsp3) is 0.562. The van der Waals surface area contributed by atoms with E-state index in [0.717, 1.165) is 31.5 Å². The Hall–Kier alpha value is -1.62. The van der Waals surface area contributed by atoms with Gasteiger partial charge in [-0.15, -0.1) is 0 Å². The summed E-state index contributed by atoms with van der Waals surface area (Å²) in [6, 6.07) is 4.78. The number of benzene rings is 1. The molecule has 1 atom stereocenters. The lowest BCUT2D eigenvalue weighted by molar-refractivity contribution is -0.131. The van der Waals surface area contributed by atoms with Gasteiger partial charge in [-0.1, -0.05) is 6.07 Å². The molecule has 2 N–H and O–H groups in total. The van der Waals surface area contributed by atoms with Crippen LogP contribution in [-0.2, 0) is 11.2 Å². The van der Waals surface area contributed by atoms with Gasteiger partial charge in [-0.05, 0) is 50.4 Å². The van der Waals surface area contributed by atoms with E-state index < -0.39 is 0 Å². The van der Waals surface area contributed by atoms with E-state index in [1.54, 1.807) is 12.1 Å². The van der Waals surface area contributed by atoms with Crippen LogP contribution >= 0.6 is 0 Å². The second-order valence-electron chi connectivity index (χ2n) is 5.82. The van der Waals surface area contributed by atoms with E-state index in [1.807, 2.05) is 6.92 Å². The lowest BCUT2D eigenvalue weighted by Crippen LogP contribution is -2.49. The van der Waals surface area contributed by atoms with Gasteiger partial charge < -0.3 is 15.4 Å². The molecular formula is C16H23FN2O2. The summed E-state index contributed by atoms with van der Waals surface area (Å²) in [6.07, 6.45) is 2.60. The molecule has 5 heteroatoms. The topological polar surface area (TPSA) is 50.4 Å². The summed E-state index contributed by atoms with van der Waals surface area (Å²) < 4.78 is 18.3. The first-order chi connectivity index (χ1) is 10.0. The third-order valence-corrected chi connectivity index (χ3v) is 4.06. The molecule has 1 aliphatic heterocycles. The highest BCUT2D eigenvalue weighted by molar-refractivity contribution is 5.82. The quantitative estimate of drug-likeness (QED) is 0.872. The number of methoxy groups -OCH3 is 1. The molecule has 116 valence electrons. The van der Waals surface area contributed by atoms with Crippen molar-refractivity contribution in [3.8, 4) is 5.75 Å². The largest absolute Gasteiger partial charge is 0.494 e. The fourth-order valence-electron chi connectivity index (χ4n) is 2.64. The van der Waals surface area contributed by atoms with Gasteiger partial charge in [0.15, 0.2) is 11.6 Å². The Morgan fingerprint density at radius 2 is 2.33 bits per heavy atom. The van der Waals surface area contributed by atoms with Crippen molar-refractivity contribution in [2.45, 2.75) is 26.2 Å². The normalized spacial score (nSPS) is 21.9. The highest BCUT2D eigenvalue weighted by atomic mass is 19.1. The molecule has 1 aromatic carbocycles. The van der Waals surface area contributed by atoms with E-state index >= 15 is 0 Å². The molecule has 0 spiro atoms. The van der Waals surface area contributed by atoms with Crippen LogP contribution in [-0.4, -0.2) is 32.7 Å². The van der Waals surface area contributed by atoms with Crippen LogP contribution < -0.4 is 15.4 Å². The Balaban J connectivity index is 1.85. The molecule has 0 aliphatic carbocycles. The first kappa shape index (κ1) is 15.8.